The van der Waals surface area contributed by atoms with Crippen LogP contribution in [0.1, 0.15) is 25.7 Å². The molecule has 0 bridgehead atoms. The number of amides is 1. The summed E-state index contributed by atoms with van der Waals surface area (Å²) in [6.45, 7) is 4.27. The lowest BCUT2D eigenvalue weighted by Gasteiger charge is -2.22. The highest BCUT2D eigenvalue weighted by Gasteiger charge is 2.22. The standard InChI is InChI=1S/C28H32N4O3/c33-26(29-19-21-10-11-21)20-32-27(22-8-3-1-4-9-22)30-25-13-12-23(18-24(25)28(32)34)35-17-7-16-31-14-5-2-6-15-31/h1-5,8-9,12-13,18,21H,6-7,10-11,14-17,19-20H2,(H,29,33). The summed E-state index contributed by atoms with van der Waals surface area (Å²) in [4.78, 5) is 33.4. The van der Waals surface area contributed by atoms with E-state index in [0.29, 0.717) is 41.5 Å². The number of ether oxygens (including phenoxy) is 1. The number of nitrogens with one attached hydrogen (secondary N) is 1. The maximum absolute atomic E-state index is 13.6. The molecule has 2 aromatic carbocycles. The average Bonchev–Trinajstić information content (AvgIpc) is 3.73. The fraction of sp³-hybridized carbons (Fsp3) is 0.393. The number of rotatable bonds is 10. The van der Waals surface area contributed by atoms with Crippen molar-refractivity contribution in [3.05, 3.63) is 71.0 Å². The van der Waals surface area contributed by atoms with E-state index in [1.54, 1.807) is 6.07 Å². The number of nitrogens with zero attached hydrogens (tertiary/aromatic N) is 3. The molecule has 1 saturated carbocycles. The summed E-state index contributed by atoms with van der Waals surface area (Å²) in [5, 5.41) is 3.42. The van der Waals surface area contributed by atoms with Gasteiger partial charge in [0.05, 0.1) is 17.5 Å². The fourth-order valence-corrected chi connectivity index (χ4v) is 4.39. The molecule has 0 spiro atoms. The highest BCUT2D eigenvalue weighted by Crippen LogP contribution is 2.27. The smallest absolute Gasteiger partial charge is 0.262 e. The molecule has 2 heterocycles. The molecule has 1 aromatic heterocycles. The van der Waals surface area contributed by atoms with Gasteiger partial charge in [-0.05, 0) is 49.8 Å². The predicted molar refractivity (Wildman–Crippen MR) is 137 cm³/mol. The van der Waals surface area contributed by atoms with Crippen LogP contribution in [0.5, 0.6) is 5.75 Å². The van der Waals surface area contributed by atoms with Crippen LogP contribution in [0.3, 0.4) is 0 Å². The van der Waals surface area contributed by atoms with Crippen molar-refractivity contribution in [1.29, 1.82) is 0 Å². The average molecular weight is 473 g/mol. The van der Waals surface area contributed by atoms with E-state index in [0.717, 1.165) is 50.9 Å². The number of carbonyl (C=O) groups excluding carboxylic acids is 1. The molecule has 35 heavy (non-hydrogen) atoms. The van der Waals surface area contributed by atoms with Gasteiger partial charge in [0.2, 0.25) is 5.91 Å². The molecule has 0 saturated heterocycles. The van der Waals surface area contributed by atoms with Crippen LogP contribution < -0.4 is 15.6 Å². The molecule has 1 N–H and O–H groups in total. The van der Waals surface area contributed by atoms with Crippen LogP contribution in [0, 0.1) is 5.92 Å². The van der Waals surface area contributed by atoms with Gasteiger partial charge in [-0.3, -0.25) is 19.1 Å². The van der Waals surface area contributed by atoms with Gasteiger partial charge in [0.15, 0.2) is 0 Å². The SMILES string of the molecule is O=C(Cn1c(-c2ccccc2)nc2ccc(OCCCN3CC=CCC3)cc2c1=O)NCC1CC1. The maximum Gasteiger partial charge on any atom is 0.262 e. The monoisotopic (exact) mass is 472 g/mol. The lowest BCUT2D eigenvalue weighted by molar-refractivity contribution is -0.121. The Morgan fingerprint density at radius 1 is 1.11 bits per heavy atom. The van der Waals surface area contributed by atoms with Gasteiger partial charge >= 0.3 is 0 Å². The highest BCUT2D eigenvalue weighted by atomic mass is 16.5. The van der Waals surface area contributed by atoms with Gasteiger partial charge in [-0.15, -0.1) is 0 Å². The second-order valence-corrected chi connectivity index (χ2v) is 9.38. The maximum atomic E-state index is 13.6. The summed E-state index contributed by atoms with van der Waals surface area (Å²) in [5.41, 5.74) is 1.16. The van der Waals surface area contributed by atoms with E-state index in [-0.39, 0.29) is 18.0 Å². The lowest BCUT2D eigenvalue weighted by atomic mass is 10.1. The van der Waals surface area contributed by atoms with Gasteiger partial charge in [-0.2, -0.15) is 0 Å². The summed E-state index contributed by atoms with van der Waals surface area (Å²) in [7, 11) is 0. The van der Waals surface area contributed by atoms with Crippen molar-refractivity contribution in [2.75, 3.05) is 32.8 Å². The zero-order valence-corrected chi connectivity index (χ0v) is 20.0. The minimum Gasteiger partial charge on any atom is -0.494 e. The van der Waals surface area contributed by atoms with Gasteiger partial charge in [-0.1, -0.05) is 42.5 Å². The van der Waals surface area contributed by atoms with Crippen LogP contribution in [-0.2, 0) is 11.3 Å². The van der Waals surface area contributed by atoms with Crippen molar-refractivity contribution in [2.45, 2.75) is 32.2 Å². The van der Waals surface area contributed by atoms with Crippen LogP contribution >= 0.6 is 0 Å². The van der Waals surface area contributed by atoms with E-state index in [2.05, 4.69) is 22.4 Å². The van der Waals surface area contributed by atoms with Gasteiger partial charge < -0.3 is 10.1 Å². The van der Waals surface area contributed by atoms with Crippen molar-refractivity contribution in [3.63, 3.8) is 0 Å². The molecule has 2 aliphatic rings. The summed E-state index contributed by atoms with van der Waals surface area (Å²) in [5.74, 6) is 1.54. The third-order valence-corrected chi connectivity index (χ3v) is 6.57. The number of hydrogen-bond donors (Lipinski definition) is 1. The second kappa shape index (κ2) is 10.9. The lowest BCUT2D eigenvalue weighted by Crippen LogP contribution is -2.34. The minimum atomic E-state index is -0.235. The van der Waals surface area contributed by atoms with Gasteiger partial charge in [0.25, 0.3) is 5.56 Å². The van der Waals surface area contributed by atoms with E-state index >= 15 is 0 Å². The van der Waals surface area contributed by atoms with Gasteiger partial charge in [0, 0.05) is 31.7 Å². The van der Waals surface area contributed by atoms with E-state index in [4.69, 9.17) is 9.72 Å². The zero-order chi connectivity index (χ0) is 24.0. The van der Waals surface area contributed by atoms with Gasteiger partial charge in [-0.25, -0.2) is 4.98 Å². The minimum absolute atomic E-state index is 0.0614. The van der Waals surface area contributed by atoms with E-state index in [9.17, 15) is 9.59 Å². The van der Waals surface area contributed by atoms with Crippen molar-refractivity contribution in [3.8, 4) is 17.1 Å². The molecular weight excluding hydrogens is 440 g/mol. The molecule has 5 rings (SSSR count). The number of hydrogen-bond acceptors (Lipinski definition) is 5. The molecule has 0 unspecified atom stereocenters. The number of fused-ring (bicyclic) bond motifs is 1. The molecule has 0 radical (unpaired) electrons. The largest absolute Gasteiger partial charge is 0.494 e. The van der Waals surface area contributed by atoms with E-state index in [1.165, 1.54) is 4.57 Å². The Morgan fingerprint density at radius 2 is 1.97 bits per heavy atom. The fourth-order valence-electron chi connectivity index (χ4n) is 4.39. The van der Waals surface area contributed by atoms with E-state index in [1.807, 2.05) is 42.5 Å². The second-order valence-electron chi connectivity index (χ2n) is 9.38. The Hall–Kier alpha value is -3.45. The molecule has 7 heteroatoms. The summed E-state index contributed by atoms with van der Waals surface area (Å²) in [6.07, 6.45) is 8.77. The molecule has 1 aliphatic carbocycles. The molecule has 0 atom stereocenters. The Bertz CT molecular complexity index is 1260. The van der Waals surface area contributed by atoms with Crippen LogP contribution in [-0.4, -0.2) is 53.1 Å². The first-order chi connectivity index (χ1) is 17.2. The molecule has 1 aliphatic heterocycles. The third-order valence-electron chi connectivity index (χ3n) is 6.57. The van der Waals surface area contributed by atoms with Crippen LogP contribution in [0.25, 0.3) is 22.3 Å². The number of carbonyl (C=O) groups is 1. The molecule has 3 aromatic rings. The first kappa shape index (κ1) is 23.3. The Kier molecular flexibility index (Phi) is 7.23. The summed E-state index contributed by atoms with van der Waals surface area (Å²) >= 11 is 0. The van der Waals surface area contributed by atoms with Crippen molar-refractivity contribution in [2.24, 2.45) is 5.92 Å². The molecular formula is C28H32N4O3. The number of aromatic nitrogens is 2. The van der Waals surface area contributed by atoms with Crippen LogP contribution in [0.15, 0.2) is 65.5 Å². The predicted octanol–water partition coefficient (Wildman–Crippen LogP) is 3.62. The summed E-state index contributed by atoms with van der Waals surface area (Å²) < 4.78 is 7.45. The Balaban J connectivity index is 1.36. The molecule has 7 nitrogen and oxygen atoms in total. The Morgan fingerprint density at radius 3 is 2.74 bits per heavy atom. The van der Waals surface area contributed by atoms with Crippen molar-refractivity contribution in [1.82, 2.24) is 19.8 Å². The highest BCUT2D eigenvalue weighted by molar-refractivity contribution is 5.82. The van der Waals surface area contributed by atoms with Crippen LogP contribution in [0.4, 0.5) is 0 Å². The van der Waals surface area contributed by atoms with Crippen molar-refractivity contribution >= 4 is 16.8 Å². The first-order valence-corrected chi connectivity index (χ1v) is 12.5. The Labute approximate surface area is 205 Å². The van der Waals surface area contributed by atoms with Crippen molar-refractivity contribution < 1.29 is 9.53 Å². The normalized spacial score (nSPS) is 15.9. The number of benzene rings is 2. The molecule has 1 fully saturated rings. The zero-order valence-electron chi connectivity index (χ0n) is 20.0. The van der Waals surface area contributed by atoms with Crippen LogP contribution in [0.2, 0.25) is 0 Å². The quantitative estimate of drug-likeness (QED) is 0.360. The van der Waals surface area contributed by atoms with E-state index < -0.39 is 0 Å². The summed E-state index contributed by atoms with van der Waals surface area (Å²) in [6, 6.07) is 15.0. The first-order valence-electron chi connectivity index (χ1n) is 12.5. The topological polar surface area (TPSA) is 76.5 Å². The molecule has 1 amide bonds. The molecule has 182 valence electrons. The third kappa shape index (κ3) is 5.98. The van der Waals surface area contributed by atoms with Gasteiger partial charge in [0.1, 0.15) is 18.1 Å².